The molecular formula is C13H18N2O2. The average molecular weight is 234 g/mol. The molecule has 0 aromatic carbocycles. The fourth-order valence-corrected chi connectivity index (χ4v) is 3.11. The molecule has 2 saturated heterocycles. The van der Waals surface area contributed by atoms with Gasteiger partial charge in [0.2, 0.25) is 5.91 Å². The number of likely N-dealkylation sites (tertiary alicyclic amines) is 1. The Hall–Kier alpha value is -1.29. The highest BCUT2D eigenvalue weighted by atomic mass is 16.3. The third-order valence-electron chi connectivity index (χ3n) is 4.12. The summed E-state index contributed by atoms with van der Waals surface area (Å²) in [5.41, 5.74) is 0. The highest BCUT2D eigenvalue weighted by Gasteiger charge is 2.41. The third kappa shape index (κ3) is 1.97. The first-order chi connectivity index (χ1) is 8.24. The van der Waals surface area contributed by atoms with Crippen molar-refractivity contribution < 1.29 is 9.21 Å². The van der Waals surface area contributed by atoms with Crippen LogP contribution in [0.4, 0.5) is 0 Å². The molecule has 1 amide bonds. The molecule has 3 atom stereocenters. The topological polar surface area (TPSA) is 45.5 Å². The number of rotatable bonds is 2. The van der Waals surface area contributed by atoms with E-state index in [9.17, 15) is 4.79 Å². The molecule has 0 aliphatic carbocycles. The lowest BCUT2D eigenvalue weighted by Gasteiger charge is -2.30. The van der Waals surface area contributed by atoms with Gasteiger partial charge >= 0.3 is 0 Å². The fourth-order valence-electron chi connectivity index (χ4n) is 3.11. The highest BCUT2D eigenvalue weighted by Crippen LogP contribution is 2.33. The first-order valence-corrected chi connectivity index (χ1v) is 6.26. The Labute approximate surface area is 101 Å². The standard InChI is InChI=1S/C13H18N2O2/c1-9-12-8-15(7-11-3-2-4-17-11)6-10(12)5-14-13(9)16/h2-4,9-10,12H,5-8H2,1H3,(H,14,16)/t9-,10-,12-/m0/s1. The van der Waals surface area contributed by atoms with E-state index in [-0.39, 0.29) is 11.8 Å². The van der Waals surface area contributed by atoms with Crippen LogP contribution in [0.15, 0.2) is 22.8 Å². The number of nitrogens with zero attached hydrogens (tertiary/aromatic N) is 1. The highest BCUT2D eigenvalue weighted by molar-refractivity contribution is 5.79. The minimum Gasteiger partial charge on any atom is -0.468 e. The number of furan rings is 1. The minimum atomic E-state index is 0.148. The van der Waals surface area contributed by atoms with E-state index in [4.69, 9.17) is 4.42 Å². The van der Waals surface area contributed by atoms with E-state index in [1.165, 1.54) is 0 Å². The molecule has 1 aromatic heterocycles. The van der Waals surface area contributed by atoms with Crippen LogP contribution >= 0.6 is 0 Å². The molecular weight excluding hydrogens is 216 g/mol. The first-order valence-electron chi connectivity index (χ1n) is 6.26. The van der Waals surface area contributed by atoms with Gasteiger partial charge in [0.15, 0.2) is 0 Å². The van der Waals surface area contributed by atoms with Crippen molar-refractivity contribution >= 4 is 5.91 Å². The van der Waals surface area contributed by atoms with Crippen molar-refractivity contribution in [3.63, 3.8) is 0 Å². The molecule has 92 valence electrons. The van der Waals surface area contributed by atoms with Crippen molar-refractivity contribution in [3.8, 4) is 0 Å². The molecule has 4 heteroatoms. The Balaban J connectivity index is 1.66. The van der Waals surface area contributed by atoms with Gasteiger partial charge in [-0.05, 0) is 24.0 Å². The quantitative estimate of drug-likeness (QED) is 0.833. The molecule has 0 spiro atoms. The maximum absolute atomic E-state index is 11.6. The van der Waals surface area contributed by atoms with Gasteiger partial charge in [0.05, 0.1) is 12.8 Å². The van der Waals surface area contributed by atoms with Crippen molar-refractivity contribution in [1.29, 1.82) is 0 Å². The molecule has 0 unspecified atom stereocenters. The zero-order valence-electron chi connectivity index (χ0n) is 10.1. The molecule has 0 radical (unpaired) electrons. The summed E-state index contributed by atoms with van der Waals surface area (Å²) in [5.74, 6) is 2.49. The molecule has 2 fully saturated rings. The van der Waals surface area contributed by atoms with Crippen molar-refractivity contribution in [2.45, 2.75) is 13.5 Å². The molecule has 0 saturated carbocycles. The summed E-state index contributed by atoms with van der Waals surface area (Å²) in [4.78, 5) is 14.0. The summed E-state index contributed by atoms with van der Waals surface area (Å²) in [6.07, 6.45) is 1.71. The second kappa shape index (κ2) is 4.18. The number of amides is 1. The summed E-state index contributed by atoms with van der Waals surface area (Å²) in [6.45, 7) is 5.82. The Kier molecular flexibility index (Phi) is 2.67. The van der Waals surface area contributed by atoms with Crippen LogP contribution in [-0.4, -0.2) is 30.4 Å². The van der Waals surface area contributed by atoms with E-state index in [1.54, 1.807) is 6.26 Å². The molecule has 3 heterocycles. The van der Waals surface area contributed by atoms with Gasteiger partial charge < -0.3 is 9.73 Å². The second-order valence-corrected chi connectivity index (χ2v) is 5.23. The molecule has 17 heavy (non-hydrogen) atoms. The van der Waals surface area contributed by atoms with Crippen LogP contribution in [-0.2, 0) is 11.3 Å². The van der Waals surface area contributed by atoms with Crippen LogP contribution in [0.1, 0.15) is 12.7 Å². The molecule has 0 bridgehead atoms. The van der Waals surface area contributed by atoms with Crippen LogP contribution in [0.3, 0.4) is 0 Å². The van der Waals surface area contributed by atoms with E-state index in [1.807, 2.05) is 19.1 Å². The predicted octanol–water partition coefficient (Wildman–Crippen LogP) is 1.09. The van der Waals surface area contributed by atoms with Gasteiger partial charge in [0.1, 0.15) is 5.76 Å². The molecule has 1 aromatic rings. The number of hydrogen-bond donors (Lipinski definition) is 1. The van der Waals surface area contributed by atoms with Crippen LogP contribution in [0.5, 0.6) is 0 Å². The Bertz CT molecular complexity index is 402. The maximum Gasteiger partial charge on any atom is 0.223 e. The largest absolute Gasteiger partial charge is 0.468 e. The summed E-state index contributed by atoms with van der Waals surface area (Å²) in [6, 6.07) is 3.93. The van der Waals surface area contributed by atoms with Gasteiger partial charge in [-0.2, -0.15) is 0 Å². The lowest BCUT2D eigenvalue weighted by atomic mass is 9.81. The molecule has 2 aliphatic rings. The molecule has 3 rings (SSSR count). The number of hydrogen-bond acceptors (Lipinski definition) is 3. The van der Waals surface area contributed by atoms with Gasteiger partial charge in [0, 0.05) is 25.6 Å². The number of nitrogens with one attached hydrogen (secondary N) is 1. The van der Waals surface area contributed by atoms with E-state index in [0.29, 0.717) is 11.8 Å². The second-order valence-electron chi connectivity index (χ2n) is 5.23. The Morgan fingerprint density at radius 1 is 1.53 bits per heavy atom. The maximum atomic E-state index is 11.6. The lowest BCUT2D eigenvalue weighted by Crippen LogP contribution is -2.46. The van der Waals surface area contributed by atoms with Gasteiger partial charge in [-0.25, -0.2) is 0 Å². The van der Waals surface area contributed by atoms with Gasteiger partial charge in [0.25, 0.3) is 0 Å². The van der Waals surface area contributed by atoms with Crippen LogP contribution < -0.4 is 5.32 Å². The van der Waals surface area contributed by atoms with Gasteiger partial charge in [-0.15, -0.1) is 0 Å². The van der Waals surface area contributed by atoms with Gasteiger partial charge in [-0.3, -0.25) is 9.69 Å². The summed E-state index contributed by atoms with van der Waals surface area (Å²) >= 11 is 0. The Morgan fingerprint density at radius 3 is 3.18 bits per heavy atom. The summed E-state index contributed by atoms with van der Waals surface area (Å²) in [7, 11) is 0. The fraction of sp³-hybridized carbons (Fsp3) is 0.615. The number of carbonyl (C=O) groups is 1. The normalized spacial score (nSPS) is 33.5. The van der Waals surface area contributed by atoms with Crippen molar-refractivity contribution in [1.82, 2.24) is 10.2 Å². The van der Waals surface area contributed by atoms with Crippen LogP contribution in [0.2, 0.25) is 0 Å². The van der Waals surface area contributed by atoms with Crippen LogP contribution in [0.25, 0.3) is 0 Å². The molecule has 4 nitrogen and oxygen atoms in total. The van der Waals surface area contributed by atoms with Crippen molar-refractivity contribution in [2.75, 3.05) is 19.6 Å². The smallest absolute Gasteiger partial charge is 0.223 e. The van der Waals surface area contributed by atoms with Gasteiger partial charge in [-0.1, -0.05) is 6.92 Å². The van der Waals surface area contributed by atoms with Crippen LogP contribution in [0, 0.1) is 17.8 Å². The Morgan fingerprint density at radius 2 is 2.41 bits per heavy atom. The monoisotopic (exact) mass is 234 g/mol. The van der Waals surface area contributed by atoms with E-state index in [2.05, 4.69) is 10.2 Å². The average Bonchev–Trinajstić information content (AvgIpc) is 2.93. The minimum absolute atomic E-state index is 0.148. The predicted molar refractivity (Wildman–Crippen MR) is 63.1 cm³/mol. The molecule has 2 aliphatic heterocycles. The lowest BCUT2D eigenvalue weighted by molar-refractivity contribution is -0.128. The zero-order chi connectivity index (χ0) is 11.8. The number of fused-ring (bicyclic) bond motifs is 1. The SMILES string of the molecule is C[C@@H]1C(=O)NC[C@H]2CN(Cc3ccco3)C[C@H]21. The molecule has 1 N–H and O–H groups in total. The number of carbonyl (C=O) groups excluding carboxylic acids is 1. The van der Waals surface area contributed by atoms with E-state index in [0.717, 1.165) is 31.9 Å². The summed E-state index contributed by atoms with van der Waals surface area (Å²) < 4.78 is 5.37. The number of piperidine rings is 1. The zero-order valence-corrected chi connectivity index (χ0v) is 10.1. The van der Waals surface area contributed by atoms with E-state index < -0.39 is 0 Å². The van der Waals surface area contributed by atoms with Crippen molar-refractivity contribution in [2.24, 2.45) is 17.8 Å². The first kappa shape index (κ1) is 10.8. The summed E-state index contributed by atoms with van der Waals surface area (Å²) in [5, 5.41) is 2.99. The van der Waals surface area contributed by atoms with E-state index >= 15 is 0 Å². The van der Waals surface area contributed by atoms with Crippen molar-refractivity contribution in [3.05, 3.63) is 24.2 Å². The third-order valence-corrected chi connectivity index (χ3v) is 4.12.